The molecule has 1 fully saturated rings. The first-order valence-corrected chi connectivity index (χ1v) is 3.70. The maximum Gasteiger partial charge on any atom is 0.316 e. The highest BCUT2D eigenvalue weighted by Gasteiger charge is 2.19. The molecule has 58 valence electrons. The fourth-order valence-corrected chi connectivity index (χ4v) is 1.27. The van der Waals surface area contributed by atoms with E-state index in [0.29, 0.717) is 13.1 Å². The predicted molar refractivity (Wildman–Crippen MR) is 38.1 cm³/mol. The van der Waals surface area contributed by atoms with Gasteiger partial charge in [-0.3, -0.25) is 4.79 Å². The van der Waals surface area contributed by atoms with Crippen molar-refractivity contribution in [3.63, 3.8) is 0 Å². The van der Waals surface area contributed by atoms with Crippen LogP contribution in [0.15, 0.2) is 0 Å². The number of likely N-dealkylation sites (tertiary alicyclic amines) is 1. The second-order valence-electron chi connectivity index (χ2n) is 2.50. The summed E-state index contributed by atoms with van der Waals surface area (Å²) >= 11 is 5.20. The standard InChI is InChI=1S/C6H10ClNO2/c7-6(10)8-3-1-2-5(9)4-8/h5,9H,1-4H2. The molecule has 1 aliphatic heterocycles. The molecule has 1 N–H and O–H groups in total. The maximum atomic E-state index is 10.5. The van der Waals surface area contributed by atoms with Crippen molar-refractivity contribution in [1.82, 2.24) is 4.90 Å². The second-order valence-corrected chi connectivity index (χ2v) is 2.82. The largest absolute Gasteiger partial charge is 0.391 e. The SMILES string of the molecule is O=C(Cl)N1CCCC(O)C1. The second kappa shape index (κ2) is 3.21. The van der Waals surface area contributed by atoms with Gasteiger partial charge in [0.15, 0.2) is 0 Å². The topological polar surface area (TPSA) is 40.5 Å². The zero-order valence-electron chi connectivity index (χ0n) is 5.59. The van der Waals surface area contributed by atoms with Gasteiger partial charge in [0.25, 0.3) is 0 Å². The van der Waals surface area contributed by atoms with Crippen molar-refractivity contribution in [3.05, 3.63) is 0 Å². The van der Waals surface area contributed by atoms with E-state index < -0.39 is 5.37 Å². The van der Waals surface area contributed by atoms with Crippen molar-refractivity contribution in [3.8, 4) is 0 Å². The molecule has 0 spiro atoms. The smallest absolute Gasteiger partial charge is 0.316 e. The Labute approximate surface area is 64.6 Å². The highest BCUT2D eigenvalue weighted by atomic mass is 35.5. The van der Waals surface area contributed by atoms with Crippen LogP contribution in [0.1, 0.15) is 12.8 Å². The Hall–Kier alpha value is -0.280. The van der Waals surface area contributed by atoms with Gasteiger partial charge in [-0.1, -0.05) is 0 Å². The molecule has 0 aromatic heterocycles. The number of β-amino-alcohol motifs (C(OH)–C–C–N with tert-alkyl or cyclic N) is 1. The summed E-state index contributed by atoms with van der Waals surface area (Å²) in [5.74, 6) is 0. The van der Waals surface area contributed by atoms with E-state index in [9.17, 15) is 4.79 Å². The zero-order valence-corrected chi connectivity index (χ0v) is 6.34. The Morgan fingerprint density at radius 1 is 1.70 bits per heavy atom. The number of piperidine rings is 1. The molecule has 1 heterocycles. The van der Waals surface area contributed by atoms with Crippen molar-refractivity contribution in [2.45, 2.75) is 18.9 Å². The summed E-state index contributed by atoms with van der Waals surface area (Å²) in [5, 5.41) is 8.62. The molecule has 0 aromatic carbocycles. The summed E-state index contributed by atoms with van der Waals surface area (Å²) in [5.41, 5.74) is 0. The summed E-state index contributed by atoms with van der Waals surface area (Å²) < 4.78 is 0. The van der Waals surface area contributed by atoms with Crippen molar-refractivity contribution in [1.29, 1.82) is 0 Å². The number of hydrogen-bond acceptors (Lipinski definition) is 2. The van der Waals surface area contributed by atoms with Gasteiger partial charge in [0, 0.05) is 13.1 Å². The normalized spacial score (nSPS) is 26.6. The molecule has 0 aliphatic carbocycles. The van der Waals surface area contributed by atoms with Crippen LogP contribution >= 0.6 is 11.6 Å². The van der Waals surface area contributed by atoms with Gasteiger partial charge in [0.1, 0.15) is 0 Å². The fraction of sp³-hybridized carbons (Fsp3) is 0.833. The quantitative estimate of drug-likeness (QED) is 0.424. The average Bonchev–Trinajstić information content (AvgIpc) is 1.88. The van der Waals surface area contributed by atoms with Gasteiger partial charge in [-0.05, 0) is 24.4 Å². The average molecular weight is 164 g/mol. The molecule has 1 aliphatic rings. The molecule has 0 saturated carbocycles. The van der Waals surface area contributed by atoms with E-state index in [-0.39, 0.29) is 6.10 Å². The van der Waals surface area contributed by atoms with Crippen LogP contribution in [-0.2, 0) is 0 Å². The van der Waals surface area contributed by atoms with E-state index in [1.165, 1.54) is 4.90 Å². The Morgan fingerprint density at radius 3 is 2.80 bits per heavy atom. The van der Waals surface area contributed by atoms with E-state index in [1.54, 1.807) is 0 Å². The van der Waals surface area contributed by atoms with Crippen LogP contribution in [0.2, 0.25) is 0 Å². The lowest BCUT2D eigenvalue weighted by atomic mass is 10.1. The molecule has 1 atom stereocenters. The summed E-state index contributed by atoms with van der Waals surface area (Å²) in [6.45, 7) is 1.07. The van der Waals surface area contributed by atoms with Gasteiger partial charge < -0.3 is 10.0 Å². The molecule has 1 amide bonds. The van der Waals surface area contributed by atoms with Crippen LogP contribution in [0, 0.1) is 0 Å². The predicted octanol–water partition coefficient (Wildman–Crippen LogP) is 0.802. The number of rotatable bonds is 0. The highest BCUT2D eigenvalue weighted by molar-refractivity contribution is 6.62. The van der Waals surface area contributed by atoms with Gasteiger partial charge in [0.05, 0.1) is 6.10 Å². The summed E-state index contributed by atoms with van der Waals surface area (Å²) in [6, 6.07) is 0. The first-order valence-electron chi connectivity index (χ1n) is 3.32. The van der Waals surface area contributed by atoms with Crippen LogP contribution in [-0.4, -0.2) is 34.6 Å². The molecular formula is C6H10ClNO2. The Morgan fingerprint density at radius 2 is 2.40 bits per heavy atom. The Bertz CT molecular complexity index is 140. The zero-order chi connectivity index (χ0) is 7.56. The van der Waals surface area contributed by atoms with Crippen LogP contribution in [0.5, 0.6) is 0 Å². The first-order chi connectivity index (χ1) is 4.70. The minimum atomic E-state index is -0.459. The van der Waals surface area contributed by atoms with E-state index in [4.69, 9.17) is 16.7 Å². The molecule has 0 aromatic rings. The number of carbonyl (C=O) groups excluding carboxylic acids is 1. The number of halogens is 1. The van der Waals surface area contributed by atoms with E-state index in [1.807, 2.05) is 0 Å². The third kappa shape index (κ3) is 1.85. The third-order valence-corrected chi connectivity index (χ3v) is 1.88. The number of hydrogen-bond donors (Lipinski definition) is 1. The van der Waals surface area contributed by atoms with Gasteiger partial charge in [-0.2, -0.15) is 0 Å². The van der Waals surface area contributed by atoms with Crippen molar-refractivity contribution in [2.24, 2.45) is 0 Å². The number of amides is 1. The number of nitrogens with zero attached hydrogens (tertiary/aromatic N) is 1. The minimum Gasteiger partial charge on any atom is -0.391 e. The molecule has 1 unspecified atom stereocenters. The monoisotopic (exact) mass is 163 g/mol. The summed E-state index contributed by atoms with van der Waals surface area (Å²) in [6.07, 6.45) is 1.25. The summed E-state index contributed by atoms with van der Waals surface area (Å²) in [7, 11) is 0. The van der Waals surface area contributed by atoms with Crippen molar-refractivity contribution >= 4 is 17.0 Å². The molecule has 4 heteroatoms. The number of aliphatic hydroxyl groups excluding tert-OH is 1. The molecule has 3 nitrogen and oxygen atoms in total. The van der Waals surface area contributed by atoms with Crippen LogP contribution in [0.25, 0.3) is 0 Å². The van der Waals surface area contributed by atoms with Crippen LogP contribution in [0.3, 0.4) is 0 Å². The van der Waals surface area contributed by atoms with Gasteiger partial charge in [-0.15, -0.1) is 0 Å². The number of carbonyl (C=O) groups is 1. The van der Waals surface area contributed by atoms with Gasteiger partial charge in [-0.25, -0.2) is 0 Å². The molecule has 10 heavy (non-hydrogen) atoms. The molecule has 0 radical (unpaired) electrons. The van der Waals surface area contributed by atoms with Gasteiger partial charge in [0.2, 0.25) is 0 Å². The van der Waals surface area contributed by atoms with Crippen LogP contribution in [0.4, 0.5) is 4.79 Å². The van der Waals surface area contributed by atoms with E-state index in [0.717, 1.165) is 12.8 Å². The molecule has 1 rings (SSSR count). The number of aliphatic hydroxyl groups is 1. The van der Waals surface area contributed by atoms with Crippen molar-refractivity contribution in [2.75, 3.05) is 13.1 Å². The third-order valence-electron chi connectivity index (χ3n) is 1.65. The lowest BCUT2D eigenvalue weighted by molar-refractivity contribution is 0.0913. The maximum absolute atomic E-state index is 10.5. The highest BCUT2D eigenvalue weighted by Crippen LogP contribution is 2.11. The molecular weight excluding hydrogens is 154 g/mol. The first kappa shape index (κ1) is 7.82. The van der Waals surface area contributed by atoms with Gasteiger partial charge >= 0.3 is 5.37 Å². The minimum absolute atomic E-state index is 0.378. The Kier molecular flexibility index (Phi) is 2.51. The fourth-order valence-electron chi connectivity index (χ4n) is 1.11. The Balaban J connectivity index is 2.39. The lowest BCUT2D eigenvalue weighted by Crippen LogP contribution is -2.39. The van der Waals surface area contributed by atoms with Crippen LogP contribution < -0.4 is 0 Å². The molecule has 0 bridgehead atoms. The summed E-state index contributed by atoms with van der Waals surface area (Å²) in [4.78, 5) is 12.0. The van der Waals surface area contributed by atoms with E-state index >= 15 is 0 Å². The lowest BCUT2D eigenvalue weighted by Gasteiger charge is -2.27. The molecule has 1 saturated heterocycles. The van der Waals surface area contributed by atoms with E-state index in [2.05, 4.69) is 0 Å². The van der Waals surface area contributed by atoms with Crippen molar-refractivity contribution < 1.29 is 9.90 Å².